The van der Waals surface area contributed by atoms with Crippen LogP contribution in [0.5, 0.6) is 5.75 Å². The van der Waals surface area contributed by atoms with Gasteiger partial charge in [-0.05, 0) is 58.7 Å². The molecule has 0 spiro atoms. The molecule has 22 heavy (non-hydrogen) atoms. The molecule has 0 atom stereocenters. The molecule has 0 amide bonds. The summed E-state index contributed by atoms with van der Waals surface area (Å²) in [5.41, 5.74) is 4.34. The third-order valence-corrected chi connectivity index (χ3v) is 4.01. The number of ether oxygens (including phenoxy) is 1. The van der Waals surface area contributed by atoms with Gasteiger partial charge in [0.15, 0.2) is 5.65 Å². The molecule has 1 aliphatic rings. The van der Waals surface area contributed by atoms with E-state index in [1.165, 1.54) is 4.52 Å². The number of aryl methyl sites for hydroxylation is 2. The standard InChI is InChI=1S/C15H12N4O3/c1-22-10-4-5-11-8(6-10)2-3-9-7-12(15(20)21)14-16-17-18-19(14)13(9)11/h4-7H,2-3H2,1H3,(H,20,21). The summed E-state index contributed by atoms with van der Waals surface area (Å²) in [6.07, 6.45) is 1.57. The molecule has 0 saturated carbocycles. The first-order valence-corrected chi connectivity index (χ1v) is 6.83. The summed E-state index contributed by atoms with van der Waals surface area (Å²) in [6.45, 7) is 0. The lowest BCUT2D eigenvalue weighted by molar-refractivity contribution is 0.0698. The summed E-state index contributed by atoms with van der Waals surface area (Å²) in [6, 6.07) is 7.53. The minimum absolute atomic E-state index is 0.126. The zero-order valence-electron chi connectivity index (χ0n) is 11.8. The van der Waals surface area contributed by atoms with Crippen LogP contribution in [0.1, 0.15) is 21.5 Å². The monoisotopic (exact) mass is 296 g/mol. The third kappa shape index (κ3) is 1.68. The molecule has 0 fully saturated rings. The topological polar surface area (TPSA) is 89.6 Å². The van der Waals surface area contributed by atoms with Crippen molar-refractivity contribution in [2.75, 3.05) is 7.11 Å². The molecule has 0 unspecified atom stereocenters. The number of benzene rings is 1. The highest BCUT2D eigenvalue weighted by Crippen LogP contribution is 2.36. The second-order valence-electron chi connectivity index (χ2n) is 5.17. The Morgan fingerprint density at radius 2 is 2.09 bits per heavy atom. The van der Waals surface area contributed by atoms with Crippen molar-refractivity contribution in [3.05, 3.63) is 41.0 Å². The highest BCUT2D eigenvalue weighted by molar-refractivity contribution is 5.95. The lowest BCUT2D eigenvalue weighted by atomic mass is 9.88. The number of carboxylic acid groups (broad SMARTS) is 1. The Morgan fingerprint density at radius 3 is 2.86 bits per heavy atom. The van der Waals surface area contributed by atoms with Crippen LogP contribution >= 0.6 is 0 Å². The van der Waals surface area contributed by atoms with Crippen LogP contribution in [-0.4, -0.2) is 38.2 Å². The lowest BCUT2D eigenvalue weighted by Gasteiger charge is -2.21. The Hall–Kier alpha value is -2.96. The van der Waals surface area contributed by atoms with Crippen molar-refractivity contribution in [3.8, 4) is 17.0 Å². The number of hydrogen-bond acceptors (Lipinski definition) is 5. The molecular weight excluding hydrogens is 284 g/mol. The van der Waals surface area contributed by atoms with Gasteiger partial charge in [-0.3, -0.25) is 0 Å². The first-order valence-electron chi connectivity index (χ1n) is 6.83. The first kappa shape index (κ1) is 12.8. The molecule has 110 valence electrons. The highest BCUT2D eigenvalue weighted by atomic mass is 16.5. The summed E-state index contributed by atoms with van der Waals surface area (Å²) in [4.78, 5) is 11.4. The van der Waals surface area contributed by atoms with Crippen molar-refractivity contribution in [3.63, 3.8) is 0 Å². The molecular formula is C15H12N4O3. The van der Waals surface area contributed by atoms with Gasteiger partial charge in [0.25, 0.3) is 0 Å². The van der Waals surface area contributed by atoms with Crippen molar-refractivity contribution in [1.82, 2.24) is 20.0 Å². The number of tetrazole rings is 1. The van der Waals surface area contributed by atoms with Gasteiger partial charge >= 0.3 is 5.97 Å². The van der Waals surface area contributed by atoms with E-state index >= 15 is 0 Å². The SMILES string of the molecule is COc1ccc2c(c1)CCc1cc(C(=O)O)c3nnnn3c1-2. The quantitative estimate of drug-likeness (QED) is 0.772. The molecule has 7 nitrogen and oxygen atoms in total. The highest BCUT2D eigenvalue weighted by Gasteiger charge is 2.24. The molecule has 1 N–H and O–H groups in total. The normalized spacial score (nSPS) is 12.8. The maximum absolute atomic E-state index is 11.4. The van der Waals surface area contributed by atoms with Crippen LogP contribution in [0.2, 0.25) is 0 Å². The number of nitrogens with zero attached hydrogens (tertiary/aromatic N) is 4. The second kappa shape index (κ2) is 4.52. The number of carbonyl (C=O) groups is 1. The Morgan fingerprint density at radius 1 is 1.27 bits per heavy atom. The number of pyridine rings is 1. The van der Waals surface area contributed by atoms with E-state index in [2.05, 4.69) is 15.5 Å². The molecule has 1 aliphatic carbocycles. The average molecular weight is 296 g/mol. The Kier molecular flexibility index (Phi) is 2.62. The van der Waals surface area contributed by atoms with E-state index in [0.717, 1.165) is 41.0 Å². The minimum atomic E-state index is -1.02. The zero-order chi connectivity index (χ0) is 15.3. The van der Waals surface area contributed by atoms with Crippen LogP contribution in [0.25, 0.3) is 16.9 Å². The summed E-state index contributed by atoms with van der Waals surface area (Å²) in [7, 11) is 1.64. The van der Waals surface area contributed by atoms with Crippen LogP contribution < -0.4 is 4.74 Å². The average Bonchev–Trinajstić information content (AvgIpc) is 3.02. The third-order valence-electron chi connectivity index (χ3n) is 4.01. The number of hydrogen-bond donors (Lipinski definition) is 1. The van der Waals surface area contributed by atoms with Crippen molar-refractivity contribution in [1.29, 1.82) is 0 Å². The smallest absolute Gasteiger partial charge is 0.339 e. The molecule has 0 aliphatic heterocycles. The van der Waals surface area contributed by atoms with Crippen LogP contribution in [0, 0.1) is 0 Å². The fourth-order valence-corrected chi connectivity index (χ4v) is 2.99. The van der Waals surface area contributed by atoms with Crippen molar-refractivity contribution in [2.45, 2.75) is 12.8 Å². The molecule has 0 saturated heterocycles. The Labute approximate surface area is 125 Å². The first-order chi connectivity index (χ1) is 10.7. The van der Waals surface area contributed by atoms with Gasteiger partial charge in [0.1, 0.15) is 11.3 Å². The summed E-state index contributed by atoms with van der Waals surface area (Å²) in [5.74, 6) is -0.222. The number of aromatic nitrogens is 4. The zero-order valence-corrected chi connectivity index (χ0v) is 11.8. The second-order valence-corrected chi connectivity index (χ2v) is 5.17. The maximum atomic E-state index is 11.4. The van der Waals surface area contributed by atoms with Crippen LogP contribution in [-0.2, 0) is 12.8 Å². The fraction of sp³-hybridized carbons (Fsp3) is 0.200. The van der Waals surface area contributed by atoms with E-state index in [-0.39, 0.29) is 11.2 Å². The Bertz CT molecular complexity index is 917. The van der Waals surface area contributed by atoms with Gasteiger partial charge in [-0.2, -0.15) is 4.52 Å². The fourth-order valence-electron chi connectivity index (χ4n) is 2.99. The number of carboxylic acids is 1. The van der Waals surface area contributed by atoms with E-state index in [4.69, 9.17) is 4.74 Å². The molecule has 7 heteroatoms. The molecule has 4 rings (SSSR count). The maximum Gasteiger partial charge on any atom is 0.339 e. The summed E-state index contributed by atoms with van der Waals surface area (Å²) >= 11 is 0. The van der Waals surface area contributed by atoms with Crippen LogP contribution in [0.3, 0.4) is 0 Å². The van der Waals surface area contributed by atoms with Gasteiger partial charge in [-0.1, -0.05) is 0 Å². The van der Waals surface area contributed by atoms with Gasteiger partial charge in [0.2, 0.25) is 0 Å². The van der Waals surface area contributed by atoms with Crippen LogP contribution in [0.4, 0.5) is 0 Å². The predicted octanol–water partition coefficient (Wildman–Crippen LogP) is 1.60. The molecule has 3 aromatic rings. The minimum Gasteiger partial charge on any atom is -0.497 e. The van der Waals surface area contributed by atoms with Crippen molar-refractivity contribution >= 4 is 11.6 Å². The van der Waals surface area contributed by atoms with Gasteiger partial charge in [-0.25, -0.2) is 4.79 Å². The van der Waals surface area contributed by atoms with Crippen molar-refractivity contribution in [2.24, 2.45) is 0 Å². The van der Waals surface area contributed by atoms with E-state index in [1.807, 2.05) is 18.2 Å². The Balaban J connectivity index is 2.05. The number of fused-ring (bicyclic) bond motifs is 5. The molecule has 0 radical (unpaired) electrons. The summed E-state index contributed by atoms with van der Waals surface area (Å²) < 4.78 is 6.78. The number of methoxy groups -OCH3 is 1. The van der Waals surface area contributed by atoms with Gasteiger partial charge < -0.3 is 9.84 Å². The van der Waals surface area contributed by atoms with Gasteiger partial charge in [0, 0.05) is 5.56 Å². The van der Waals surface area contributed by atoms with E-state index in [1.54, 1.807) is 13.2 Å². The van der Waals surface area contributed by atoms with E-state index in [0.29, 0.717) is 0 Å². The van der Waals surface area contributed by atoms with Crippen LogP contribution in [0.15, 0.2) is 24.3 Å². The number of rotatable bonds is 2. The molecule has 0 bridgehead atoms. The molecule has 2 heterocycles. The largest absolute Gasteiger partial charge is 0.497 e. The van der Waals surface area contributed by atoms with Crippen molar-refractivity contribution < 1.29 is 14.6 Å². The lowest BCUT2D eigenvalue weighted by Crippen LogP contribution is -2.12. The van der Waals surface area contributed by atoms with E-state index in [9.17, 15) is 9.90 Å². The van der Waals surface area contributed by atoms with Gasteiger partial charge in [0.05, 0.1) is 12.8 Å². The molecule has 1 aromatic carbocycles. The number of aromatic carboxylic acids is 1. The predicted molar refractivity (Wildman–Crippen MR) is 77.1 cm³/mol. The van der Waals surface area contributed by atoms with Gasteiger partial charge in [-0.15, -0.1) is 5.10 Å². The molecule has 2 aromatic heterocycles. The summed E-state index contributed by atoms with van der Waals surface area (Å²) in [5, 5.41) is 20.8. The van der Waals surface area contributed by atoms with E-state index < -0.39 is 5.97 Å².